The number of likely N-dealkylation sites (tertiary alicyclic amines) is 1. The lowest BCUT2D eigenvalue weighted by molar-refractivity contribution is 0.0758. The molecule has 0 unspecified atom stereocenters. The van der Waals surface area contributed by atoms with Crippen LogP contribution >= 0.6 is 0 Å². The van der Waals surface area contributed by atoms with Crippen LogP contribution in [0.25, 0.3) is 10.8 Å². The molecule has 0 bridgehead atoms. The number of amides is 1. The van der Waals surface area contributed by atoms with Crippen molar-refractivity contribution < 1.29 is 17.9 Å². The van der Waals surface area contributed by atoms with Gasteiger partial charge < -0.3 is 9.64 Å². The summed E-state index contributed by atoms with van der Waals surface area (Å²) in [6.45, 7) is 1.35. The zero-order chi connectivity index (χ0) is 21.8. The number of nitrogens with one attached hydrogen (secondary N) is 1. The monoisotopic (exact) mass is 438 g/mol. The molecule has 3 aromatic rings. The van der Waals surface area contributed by atoms with E-state index in [1.54, 1.807) is 17.0 Å². The molecule has 1 aliphatic rings. The minimum absolute atomic E-state index is 0.0272. The van der Waals surface area contributed by atoms with E-state index in [2.05, 4.69) is 4.72 Å². The fourth-order valence-electron chi connectivity index (χ4n) is 3.98. The Bertz CT molecular complexity index is 1190. The highest BCUT2D eigenvalue weighted by molar-refractivity contribution is 7.92. The average molecular weight is 439 g/mol. The number of hydrogen-bond donors (Lipinski definition) is 1. The smallest absolute Gasteiger partial charge is 0.261 e. The Kier molecular flexibility index (Phi) is 6.13. The molecule has 0 spiro atoms. The predicted octanol–water partition coefficient (Wildman–Crippen LogP) is 4.67. The summed E-state index contributed by atoms with van der Waals surface area (Å²) in [5.41, 5.74) is 0.763. The van der Waals surface area contributed by atoms with E-state index in [-0.39, 0.29) is 16.4 Å². The van der Waals surface area contributed by atoms with Crippen LogP contribution in [-0.2, 0) is 10.0 Å². The molecule has 162 valence electrons. The first-order valence-electron chi connectivity index (χ1n) is 10.5. The fourth-order valence-corrected chi connectivity index (χ4v) is 5.09. The third kappa shape index (κ3) is 4.51. The van der Waals surface area contributed by atoms with Crippen molar-refractivity contribution in [1.29, 1.82) is 0 Å². The van der Waals surface area contributed by atoms with Crippen molar-refractivity contribution in [3.63, 3.8) is 0 Å². The van der Waals surface area contributed by atoms with Crippen LogP contribution in [0.5, 0.6) is 5.75 Å². The van der Waals surface area contributed by atoms with Crippen LogP contribution in [0, 0.1) is 0 Å². The lowest BCUT2D eigenvalue weighted by Gasteiger charge is -2.22. The van der Waals surface area contributed by atoms with Crippen molar-refractivity contribution in [2.75, 3.05) is 24.9 Å². The lowest BCUT2D eigenvalue weighted by atomic mass is 10.1. The van der Waals surface area contributed by atoms with Crippen molar-refractivity contribution in [2.24, 2.45) is 0 Å². The molecular weight excluding hydrogens is 412 g/mol. The minimum atomic E-state index is -3.90. The number of benzene rings is 3. The minimum Gasteiger partial charge on any atom is -0.496 e. The average Bonchev–Trinajstić information content (AvgIpc) is 3.08. The van der Waals surface area contributed by atoms with E-state index in [0.29, 0.717) is 24.5 Å². The summed E-state index contributed by atoms with van der Waals surface area (Å²) in [5.74, 6) is 0.180. The maximum Gasteiger partial charge on any atom is 0.261 e. The number of anilines is 1. The Morgan fingerprint density at radius 1 is 0.935 bits per heavy atom. The van der Waals surface area contributed by atoms with Gasteiger partial charge in [0.1, 0.15) is 5.75 Å². The summed E-state index contributed by atoms with van der Waals surface area (Å²) >= 11 is 0. The van der Waals surface area contributed by atoms with Crippen LogP contribution in [0.2, 0.25) is 0 Å². The molecule has 0 aromatic heterocycles. The quantitative estimate of drug-likeness (QED) is 0.628. The largest absolute Gasteiger partial charge is 0.496 e. The summed E-state index contributed by atoms with van der Waals surface area (Å²) in [7, 11) is -2.42. The number of carbonyl (C=O) groups is 1. The van der Waals surface area contributed by atoms with Crippen molar-refractivity contribution in [3.05, 3.63) is 66.2 Å². The Morgan fingerprint density at radius 2 is 1.65 bits per heavy atom. The van der Waals surface area contributed by atoms with Gasteiger partial charge >= 0.3 is 0 Å². The second-order valence-corrected chi connectivity index (χ2v) is 9.38. The zero-order valence-electron chi connectivity index (χ0n) is 17.5. The van der Waals surface area contributed by atoms with E-state index in [0.717, 1.165) is 36.5 Å². The van der Waals surface area contributed by atoms with Gasteiger partial charge in [-0.2, -0.15) is 0 Å². The number of hydrogen-bond acceptors (Lipinski definition) is 4. The molecule has 31 heavy (non-hydrogen) atoms. The number of nitrogens with zero attached hydrogens (tertiary/aromatic N) is 1. The normalized spacial score (nSPS) is 14.8. The molecule has 1 aliphatic heterocycles. The first kappa shape index (κ1) is 21.2. The third-order valence-corrected chi connectivity index (χ3v) is 7.00. The molecule has 1 heterocycles. The fraction of sp³-hybridized carbons (Fsp3) is 0.292. The maximum atomic E-state index is 13.2. The summed E-state index contributed by atoms with van der Waals surface area (Å²) in [6, 6.07) is 17.5. The Hall–Kier alpha value is -3.06. The molecule has 1 fully saturated rings. The van der Waals surface area contributed by atoms with Crippen LogP contribution in [0.4, 0.5) is 5.69 Å². The van der Waals surface area contributed by atoms with Gasteiger partial charge in [-0.3, -0.25) is 9.52 Å². The predicted molar refractivity (Wildman–Crippen MR) is 122 cm³/mol. The van der Waals surface area contributed by atoms with Gasteiger partial charge in [0, 0.05) is 18.5 Å². The summed E-state index contributed by atoms with van der Waals surface area (Å²) in [6.07, 6.45) is 4.11. The summed E-state index contributed by atoms with van der Waals surface area (Å²) in [5, 5.41) is 1.75. The first-order valence-corrected chi connectivity index (χ1v) is 12.0. The van der Waals surface area contributed by atoms with Gasteiger partial charge in [-0.15, -0.1) is 0 Å². The van der Waals surface area contributed by atoms with Gasteiger partial charge in [0.05, 0.1) is 23.3 Å². The van der Waals surface area contributed by atoms with Gasteiger partial charge in [0.25, 0.3) is 15.9 Å². The molecule has 0 atom stereocenters. The highest BCUT2D eigenvalue weighted by Gasteiger charge is 2.24. The van der Waals surface area contributed by atoms with E-state index in [4.69, 9.17) is 4.74 Å². The highest BCUT2D eigenvalue weighted by atomic mass is 32.2. The molecule has 0 saturated carbocycles. The molecule has 1 N–H and O–H groups in total. The van der Waals surface area contributed by atoms with E-state index < -0.39 is 10.0 Å². The Morgan fingerprint density at radius 3 is 2.39 bits per heavy atom. The van der Waals surface area contributed by atoms with Crippen LogP contribution < -0.4 is 9.46 Å². The van der Waals surface area contributed by atoms with Crippen molar-refractivity contribution in [1.82, 2.24) is 4.90 Å². The van der Waals surface area contributed by atoms with E-state index in [1.807, 2.05) is 36.4 Å². The molecule has 7 heteroatoms. The zero-order valence-corrected chi connectivity index (χ0v) is 18.3. The van der Waals surface area contributed by atoms with E-state index >= 15 is 0 Å². The SMILES string of the molecule is COc1ccc(S(=O)(=O)Nc2cccc3ccccc23)cc1C(=O)N1CCCCCC1. The summed E-state index contributed by atoms with van der Waals surface area (Å²) < 4.78 is 34.4. The molecule has 6 nitrogen and oxygen atoms in total. The Balaban J connectivity index is 1.68. The van der Waals surface area contributed by atoms with E-state index in [9.17, 15) is 13.2 Å². The van der Waals surface area contributed by atoms with Crippen LogP contribution in [0.3, 0.4) is 0 Å². The second-order valence-electron chi connectivity index (χ2n) is 7.70. The third-order valence-electron chi connectivity index (χ3n) is 5.64. The van der Waals surface area contributed by atoms with Gasteiger partial charge in [-0.1, -0.05) is 49.2 Å². The molecule has 0 aliphatic carbocycles. The first-order chi connectivity index (χ1) is 15.0. The molecular formula is C24H26N2O4S. The number of fused-ring (bicyclic) bond motifs is 1. The van der Waals surface area contributed by atoms with Crippen LogP contribution in [0.1, 0.15) is 36.0 Å². The van der Waals surface area contributed by atoms with Crippen LogP contribution in [-0.4, -0.2) is 39.4 Å². The van der Waals surface area contributed by atoms with Crippen LogP contribution in [0.15, 0.2) is 65.6 Å². The van der Waals surface area contributed by atoms with Gasteiger partial charge in [-0.25, -0.2) is 8.42 Å². The lowest BCUT2D eigenvalue weighted by Crippen LogP contribution is -2.32. The van der Waals surface area contributed by atoms with Crippen molar-refractivity contribution in [2.45, 2.75) is 30.6 Å². The number of ether oxygens (including phenoxy) is 1. The molecule has 0 radical (unpaired) electrons. The number of carbonyl (C=O) groups excluding carboxylic acids is 1. The standard InChI is InChI=1S/C24H26N2O4S/c1-30-23-14-13-19(17-21(23)24(27)26-15-6-2-3-7-16-26)31(28,29)25-22-12-8-10-18-9-4-5-11-20(18)22/h4-5,8-14,17,25H,2-3,6-7,15-16H2,1H3. The van der Waals surface area contributed by atoms with E-state index in [1.165, 1.54) is 19.2 Å². The van der Waals surface area contributed by atoms with Crippen molar-refractivity contribution in [3.8, 4) is 5.75 Å². The number of sulfonamides is 1. The topological polar surface area (TPSA) is 75.7 Å². The summed E-state index contributed by atoms with van der Waals surface area (Å²) in [4.78, 5) is 15.0. The van der Waals surface area contributed by atoms with Gasteiger partial charge in [0.15, 0.2) is 0 Å². The number of rotatable bonds is 5. The number of methoxy groups -OCH3 is 1. The maximum absolute atomic E-state index is 13.2. The molecule has 4 rings (SSSR count). The van der Waals surface area contributed by atoms with Gasteiger partial charge in [-0.05, 0) is 42.5 Å². The van der Waals surface area contributed by atoms with Crippen molar-refractivity contribution >= 4 is 32.4 Å². The molecule has 1 saturated heterocycles. The van der Waals surface area contributed by atoms with Gasteiger partial charge in [0.2, 0.25) is 0 Å². The Labute approximate surface area is 182 Å². The highest BCUT2D eigenvalue weighted by Crippen LogP contribution is 2.29. The second kappa shape index (κ2) is 8.98. The molecule has 3 aromatic carbocycles. The molecule has 1 amide bonds.